The highest BCUT2D eigenvalue weighted by Gasteiger charge is 2.19. The average Bonchev–Trinajstić information content (AvgIpc) is 2.21. The van der Waals surface area contributed by atoms with E-state index < -0.39 is 0 Å². The molecule has 2 fully saturated rings. The predicted octanol–water partition coefficient (Wildman–Crippen LogP) is 1.05. The van der Waals surface area contributed by atoms with Crippen LogP contribution in [0.3, 0.4) is 0 Å². The van der Waals surface area contributed by atoms with Crippen LogP contribution in [0.25, 0.3) is 0 Å². The summed E-state index contributed by atoms with van der Waals surface area (Å²) in [4.78, 5) is 0. The van der Waals surface area contributed by atoms with Crippen molar-refractivity contribution >= 4 is 0 Å². The van der Waals surface area contributed by atoms with Crippen LogP contribution in [0.2, 0.25) is 0 Å². The van der Waals surface area contributed by atoms with Crippen LogP contribution in [-0.4, -0.2) is 41.7 Å². The number of hydrazine groups is 1. The summed E-state index contributed by atoms with van der Waals surface area (Å²) in [6.07, 6.45) is 8.55. The SMILES string of the molecule is C1CCN(N2CCCCC2)CC1.O. The molecule has 0 radical (unpaired) electrons. The lowest BCUT2D eigenvalue weighted by atomic mass is 10.1. The van der Waals surface area contributed by atoms with Crippen molar-refractivity contribution in [1.29, 1.82) is 0 Å². The third-order valence-electron chi connectivity index (χ3n) is 3.06. The summed E-state index contributed by atoms with van der Waals surface area (Å²) in [5.74, 6) is 0. The average molecular weight is 186 g/mol. The fraction of sp³-hybridized carbons (Fsp3) is 1.00. The molecule has 3 heteroatoms. The molecule has 3 nitrogen and oxygen atoms in total. The van der Waals surface area contributed by atoms with Crippen molar-refractivity contribution in [3.05, 3.63) is 0 Å². The van der Waals surface area contributed by atoms with E-state index in [1.807, 2.05) is 0 Å². The Balaban J connectivity index is 0.000000845. The Morgan fingerprint density at radius 2 is 0.769 bits per heavy atom. The van der Waals surface area contributed by atoms with Gasteiger partial charge in [0.25, 0.3) is 0 Å². The van der Waals surface area contributed by atoms with E-state index in [0.717, 1.165) is 0 Å². The van der Waals surface area contributed by atoms with Gasteiger partial charge in [-0.3, -0.25) is 0 Å². The number of hydrogen-bond donors (Lipinski definition) is 0. The van der Waals surface area contributed by atoms with Crippen LogP contribution < -0.4 is 0 Å². The van der Waals surface area contributed by atoms with E-state index in [-0.39, 0.29) is 5.48 Å². The zero-order valence-corrected chi connectivity index (χ0v) is 8.47. The molecule has 13 heavy (non-hydrogen) atoms. The van der Waals surface area contributed by atoms with E-state index in [2.05, 4.69) is 10.0 Å². The van der Waals surface area contributed by atoms with Crippen molar-refractivity contribution in [1.82, 2.24) is 10.0 Å². The van der Waals surface area contributed by atoms with Crippen LogP contribution in [0, 0.1) is 0 Å². The first-order valence-corrected chi connectivity index (χ1v) is 5.46. The van der Waals surface area contributed by atoms with E-state index >= 15 is 0 Å². The highest BCUT2D eigenvalue weighted by atomic mass is 16.0. The molecule has 0 aromatic heterocycles. The maximum absolute atomic E-state index is 2.59. The Morgan fingerprint density at radius 3 is 1.08 bits per heavy atom. The predicted molar refractivity (Wildman–Crippen MR) is 54.5 cm³/mol. The van der Waals surface area contributed by atoms with Crippen molar-refractivity contribution in [2.24, 2.45) is 0 Å². The second kappa shape index (κ2) is 5.58. The Kier molecular flexibility index (Phi) is 4.70. The largest absolute Gasteiger partial charge is 0.412 e. The number of nitrogens with zero attached hydrogens (tertiary/aromatic N) is 2. The minimum atomic E-state index is 0. The molecule has 78 valence electrons. The van der Waals surface area contributed by atoms with Gasteiger partial charge in [-0.05, 0) is 25.7 Å². The van der Waals surface area contributed by atoms with Gasteiger partial charge in [-0.25, -0.2) is 10.0 Å². The van der Waals surface area contributed by atoms with Gasteiger partial charge in [0, 0.05) is 26.2 Å². The summed E-state index contributed by atoms with van der Waals surface area (Å²) in [6.45, 7) is 5.28. The highest BCUT2D eigenvalue weighted by molar-refractivity contribution is 4.67. The van der Waals surface area contributed by atoms with Gasteiger partial charge in [0.05, 0.1) is 0 Å². The molecule has 2 rings (SSSR count). The van der Waals surface area contributed by atoms with E-state index in [9.17, 15) is 0 Å². The van der Waals surface area contributed by atoms with E-state index in [1.165, 1.54) is 64.7 Å². The van der Waals surface area contributed by atoms with Gasteiger partial charge in [0.2, 0.25) is 0 Å². The van der Waals surface area contributed by atoms with Gasteiger partial charge in [0.1, 0.15) is 0 Å². The first kappa shape index (κ1) is 11.0. The number of hydrogen-bond acceptors (Lipinski definition) is 2. The summed E-state index contributed by atoms with van der Waals surface area (Å²) in [7, 11) is 0. The zero-order chi connectivity index (χ0) is 8.23. The van der Waals surface area contributed by atoms with Gasteiger partial charge < -0.3 is 5.48 Å². The van der Waals surface area contributed by atoms with Crippen LogP contribution in [0.4, 0.5) is 0 Å². The van der Waals surface area contributed by atoms with Crippen LogP contribution in [0.1, 0.15) is 38.5 Å². The van der Waals surface area contributed by atoms with Crippen molar-refractivity contribution in [3.8, 4) is 0 Å². The highest BCUT2D eigenvalue weighted by Crippen LogP contribution is 2.16. The lowest BCUT2D eigenvalue weighted by Gasteiger charge is -2.39. The van der Waals surface area contributed by atoms with Gasteiger partial charge in [-0.15, -0.1) is 0 Å². The van der Waals surface area contributed by atoms with Crippen LogP contribution in [0.5, 0.6) is 0 Å². The zero-order valence-electron chi connectivity index (χ0n) is 8.47. The molecule has 0 spiro atoms. The molecule has 2 N–H and O–H groups in total. The Bertz CT molecular complexity index is 113. The molecule has 2 aliphatic rings. The van der Waals surface area contributed by atoms with Crippen molar-refractivity contribution in [2.45, 2.75) is 38.5 Å². The van der Waals surface area contributed by atoms with Crippen LogP contribution in [-0.2, 0) is 0 Å². The second-order valence-electron chi connectivity index (χ2n) is 4.03. The molecule has 0 aromatic rings. The molecule has 0 amide bonds. The van der Waals surface area contributed by atoms with Gasteiger partial charge in [-0.2, -0.15) is 0 Å². The maximum Gasteiger partial charge on any atom is 0.0133 e. The van der Waals surface area contributed by atoms with Crippen molar-refractivity contribution in [3.63, 3.8) is 0 Å². The molecule has 0 bridgehead atoms. The molecule has 2 saturated heterocycles. The normalized spacial score (nSPS) is 26.8. The quantitative estimate of drug-likeness (QED) is 0.614. The lowest BCUT2D eigenvalue weighted by molar-refractivity contribution is -0.0518. The van der Waals surface area contributed by atoms with Crippen molar-refractivity contribution in [2.75, 3.05) is 26.2 Å². The summed E-state index contributed by atoms with van der Waals surface area (Å²) in [5, 5.41) is 5.17. The molecule has 0 aliphatic carbocycles. The van der Waals surface area contributed by atoms with Crippen molar-refractivity contribution < 1.29 is 5.48 Å². The smallest absolute Gasteiger partial charge is 0.0133 e. The summed E-state index contributed by atoms with van der Waals surface area (Å²) in [5.41, 5.74) is 0. The molecular formula is C10H22N2O. The standard InChI is InChI=1S/C10H20N2.H2O/c1-3-7-11(8-4-1)12-9-5-2-6-10-12;/h1-10H2;1H2. The topological polar surface area (TPSA) is 38.0 Å². The number of piperidine rings is 2. The third kappa shape index (κ3) is 2.93. The second-order valence-corrected chi connectivity index (χ2v) is 4.03. The number of rotatable bonds is 1. The van der Waals surface area contributed by atoms with Gasteiger partial charge in [-0.1, -0.05) is 12.8 Å². The Labute approximate surface area is 81.0 Å². The Hall–Kier alpha value is -0.120. The molecule has 0 saturated carbocycles. The molecular weight excluding hydrogens is 164 g/mol. The summed E-state index contributed by atoms with van der Waals surface area (Å²) >= 11 is 0. The molecule has 2 aliphatic heterocycles. The molecule has 0 unspecified atom stereocenters. The summed E-state index contributed by atoms with van der Waals surface area (Å²) in [6, 6.07) is 0. The van der Waals surface area contributed by atoms with Gasteiger partial charge in [0.15, 0.2) is 0 Å². The van der Waals surface area contributed by atoms with E-state index in [0.29, 0.717) is 0 Å². The Morgan fingerprint density at radius 1 is 0.462 bits per heavy atom. The minimum absolute atomic E-state index is 0. The van der Waals surface area contributed by atoms with E-state index in [1.54, 1.807) is 0 Å². The monoisotopic (exact) mass is 186 g/mol. The minimum Gasteiger partial charge on any atom is -0.412 e. The van der Waals surface area contributed by atoms with E-state index in [4.69, 9.17) is 0 Å². The fourth-order valence-corrected chi connectivity index (χ4v) is 2.32. The fourth-order valence-electron chi connectivity index (χ4n) is 2.32. The lowest BCUT2D eigenvalue weighted by Crippen LogP contribution is -2.47. The molecule has 0 atom stereocenters. The molecule has 2 heterocycles. The summed E-state index contributed by atoms with van der Waals surface area (Å²) < 4.78 is 0. The molecule has 0 aromatic carbocycles. The van der Waals surface area contributed by atoms with Crippen LogP contribution >= 0.6 is 0 Å². The maximum atomic E-state index is 2.59. The first-order valence-electron chi connectivity index (χ1n) is 5.46. The van der Waals surface area contributed by atoms with Gasteiger partial charge >= 0.3 is 0 Å². The third-order valence-corrected chi connectivity index (χ3v) is 3.06. The van der Waals surface area contributed by atoms with Crippen LogP contribution in [0.15, 0.2) is 0 Å². The first-order chi connectivity index (χ1) is 5.97.